The first kappa shape index (κ1) is 18.8. The molecule has 0 radical (unpaired) electrons. The Hall–Kier alpha value is -2.02. The molecule has 1 aromatic rings. The molecule has 2 heterocycles. The van der Waals surface area contributed by atoms with Crippen LogP contribution in [-0.2, 0) is 16.1 Å². The topological polar surface area (TPSA) is 43.9 Å². The van der Waals surface area contributed by atoms with E-state index in [2.05, 4.69) is 4.90 Å². The zero-order valence-electron chi connectivity index (χ0n) is 15.3. The summed E-state index contributed by atoms with van der Waals surface area (Å²) in [5, 5.41) is 0. The predicted octanol–water partition coefficient (Wildman–Crippen LogP) is 1.87. The smallest absolute Gasteiger partial charge is 0.236 e. The van der Waals surface area contributed by atoms with E-state index in [0.29, 0.717) is 31.6 Å². The van der Waals surface area contributed by atoms with Crippen molar-refractivity contribution in [1.29, 1.82) is 0 Å². The molecule has 0 aromatic heterocycles. The number of hydrogen-bond acceptors (Lipinski definition) is 3. The SMILES string of the molecule is CN(C)C(=O)CN1CCC2(CC1)CC(=O)N(Cc1ccc(F)c(F)c1)C2. The van der Waals surface area contributed by atoms with Gasteiger partial charge in [-0.1, -0.05) is 6.07 Å². The molecule has 0 aliphatic carbocycles. The van der Waals surface area contributed by atoms with Gasteiger partial charge in [0.25, 0.3) is 0 Å². The molecule has 1 aromatic carbocycles. The van der Waals surface area contributed by atoms with Crippen LogP contribution in [0, 0.1) is 17.0 Å². The maximum atomic E-state index is 13.4. The van der Waals surface area contributed by atoms with Crippen LogP contribution in [0.15, 0.2) is 18.2 Å². The summed E-state index contributed by atoms with van der Waals surface area (Å²) in [7, 11) is 3.50. The number of likely N-dealkylation sites (N-methyl/N-ethyl adjacent to an activating group) is 1. The summed E-state index contributed by atoms with van der Waals surface area (Å²) >= 11 is 0. The standard InChI is InChI=1S/C19H25F2N3O2/c1-22(2)18(26)12-23-7-5-19(6-8-23)10-17(25)24(13-19)11-14-3-4-15(20)16(21)9-14/h3-4,9H,5-8,10-13H2,1-2H3. The molecule has 1 spiro atoms. The number of amides is 2. The molecule has 2 aliphatic heterocycles. The lowest BCUT2D eigenvalue weighted by Gasteiger charge is -2.38. The second-order valence-corrected chi connectivity index (χ2v) is 7.74. The highest BCUT2D eigenvalue weighted by Gasteiger charge is 2.44. The zero-order valence-corrected chi connectivity index (χ0v) is 15.3. The molecule has 0 bridgehead atoms. The first-order valence-corrected chi connectivity index (χ1v) is 8.92. The third-order valence-corrected chi connectivity index (χ3v) is 5.54. The predicted molar refractivity (Wildman–Crippen MR) is 93.2 cm³/mol. The van der Waals surface area contributed by atoms with E-state index < -0.39 is 11.6 Å². The van der Waals surface area contributed by atoms with Gasteiger partial charge in [-0.05, 0) is 49.0 Å². The number of likely N-dealkylation sites (tertiary alicyclic amines) is 2. The van der Waals surface area contributed by atoms with Gasteiger partial charge in [0, 0.05) is 33.6 Å². The molecule has 7 heteroatoms. The van der Waals surface area contributed by atoms with Crippen molar-refractivity contribution < 1.29 is 18.4 Å². The molecular formula is C19H25F2N3O2. The number of piperidine rings is 1. The zero-order chi connectivity index (χ0) is 18.9. The first-order chi connectivity index (χ1) is 12.3. The number of carbonyl (C=O) groups excluding carboxylic acids is 2. The van der Waals surface area contributed by atoms with Gasteiger partial charge in [0.05, 0.1) is 6.54 Å². The minimum absolute atomic E-state index is 0.0622. The molecule has 0 unspecified atom stereocenters. The molecule has 5 nitrogen and oxygen atoms in total. The number of halogens is 2. The Morgan fingerprint density at radius 2 is 1.88 bits per heavy atom. The molecule has 2 saturated heterocycles. The summed E-state index contributed by atoms with van der Waals surface area (Å²) in [6, 6.07) is 3.77. The maximum Gasteiger partial charge on any atom is 0.236 e. The maximum absolute atomic E-state index is 13.4. The molecule has 26 heavy (non-hydrogen) atoms. The van der Waals surface area contributed by atoms with Crippen molar-refractivity contribution in [2.24, 2.45) is 5.41 Å². The van der Waals surface area contributed by atoms with Gasteiger partial charge in [-0.3, -0.25) is 14.5 Å². The van der Waals surface area contributed by atoms with Crippen LogP contribution in [0.2, 0.25) is 0 Å². The van der Waals surface area contributed by atoms with E-state index in [4.69, 9.17) is 0 Å². The van der Waals surface area contributed by atoms with Gasteiger partial charge >= 0.3 is 0 Å². The number of carbonyl (C=O) groups is 2. The largest absolute Gasteiger partial charge is 0.348 e. The number of rotatable bonds is 4. The van der Waals surface area contributed by atoms with Crippen LogP contribution in [0.25, 0.3) is 0 Å². The summed E-state index contributed by atoms with van der Waals surface area (Å²) in [4.78, 5) is 29.8. The number of nitrogens with zero attached hydrogens (tertiary/aromatic N) is 3. The molecular weight excluding hydrogens is 340 g/mol. The quantitative estimate of drug-likeness (QED) is 0.818. The minimum atomic E-state index is -0.886. The highest BCUT2D eigenvalue weighted by Crippen LogP contribution is 2.41. The number of hydrogen-bond donors (Lipinski definition) is 0. The monoisotopic (exact) mass is 365 g/mol. The van der Waals surface area contributed by atoms with Crippen molar-refractivity contribution >= 4 is 11.8 Å². The van der Waals surface area contributed by atoms with Crippen molar-refractivity contribution in [3.8, 4) is 0 Å². The molecule has 2 aliphatic rings. The average Bonchev–Trinajstić information content (AvgIpc) is 2.88. The third kappa shape index (κ3) is 4.03. The Morgan fingerprint density at radius 1 is 1.19 bits per heavy atom. The second-order valence-electron chi connectivity index (χ2n) is 7.74. The Balaban J connectivity index is 1.57. The Kier molecular flexibility index (Phi) is 5.27. The minimum Gasteiger partial charge on any atom is -0.348 e. The Morgan fingerprint density at radius 3 is 2.50 bits per heavy atom. The van der Waals surface area contributed by atoms with Gasteiger partial charge in [-0.2, -0.15) is 0 Å². The summed E-state index contributed by atoms with van der Waals surface area (Å²) in [5.41, 5.74) is 0.538. The lowest BCUT2D eigenvalue weighted by atomic mass is 9.77. The molecule has 0 N–H and O–H groups in total. The van der Waals surface area contributed by atoms with Crippen LogP contribution in [-0.4, -0.2) is 66.8 Å². The van der Waals surface area contributed by atoms with Crippen LogP contribution in [0.4, 0.5) is 8.78 Å². The van der Waals surface area contributed by atoms with Gasteiger partial charge in [-0.25, -0.2) is 8.78 Å². The van der Waals surface area contributed by atoms with Crippen molar-refractivity contribution in [1.82, 2.24) is 14.7 Å². The molecule has 0 atom stereocenters. The van der Waals surface area contributed by atoms with E-state index in [1.165, 1.54) is 6.07 Å². The Labute approximate surface area is 152 Å². The van der Waals surface area contributed by atoms with Crippen LogP contribution >= 0.6 is 0 Å². The highest BCUT2D eigenvalue weighted by atomic mass is 19.2. The first-order valence-electron chi connectivity index (χ1n) is 8.92. The van der Waals surface area contributed by atoms with E-state index in [0.717, 1.165) is 38.1 Å². The van der Waals surface area contributed by atoms with E-state index in [1.54, 1.807) is 23.9 Å². The highest BCUT2D eigenvalue weighted by molar-refractivity contribution is 5.79. The second kappa shape index (κ2) is 7.31. The average molecular weight is 365 g/mol. The van der Waals surface area contributed by atoms with Crippen LogP contribution in [0.1, 0.15) is 24.8 Å². The van der Waals surface area contributed by atoms with Crippen LogP contribution in [0.5, 0.6) is 0 Å². The fourth-order valence-corrected chi connectivity index (χ4v) is 3.84. The number of benzene rings is 1. The van der Waals surface area contributed by atoms with E-state index in [1.807, 2.05) is 0 Å². The fourth-order valence-electron chi connectivity index (χ4n) is 3.84. The van der Waals surface area contributed by atoms with E-state index >= 15 is 0 Å². The van der Waals surface area contributed by atoms with E-state index in [9.17, 15) is 18.4 Å². The molecule has 2 amide bonds. The van der Waals surface area contributed by atoms with Crippen molar-refractivity contribution in [2.45, 2.75) is 25.8 Å². The lowest BCUT2D eigenvalue weighted by molar-refractivity contribution is -0.131. The molecule has 0 saturated carbocycles. The summed E-state index contributed by atoms with van der Waals surface area (Å²) in [6.07, 6.45) is 2.23. The third-order valence-electron chi connectivity index (χ3n) is 5.54. The lowest BCUT2D eigenvalue weighted by Crippen LogP contribution is -2.45. The van der Waals surface area contributed by atoms with Gasteiger partial charge in [0.1, 0.15) is 0 Å². The normalized spacial score (nSPS) is 20.0. The van der Waals surface area contributed by atoms with Crippen molar-refractivity contribution in [3.63, 3.8) is 0 Å². The summed E-state index contributed by atoms with van der Waals surface area (Å²) < 4.78 is 26.5. The van der Waals surface area contributed by atoms with E-state index in [-0.39, 0.29) is 17.2 Å². The van der Waals surface area contributed by atoms with Gasteiger partial charge in [0.15, 0.2) is 11.6 Å². The molecule has 3 rings (SSSR count). The summed E-state index contributed by atoms with van der Waals surface area (Å²) in [6.45, 7) is 2.95. The van der Waals surface area contributed by atoms with Gasteiger partial charge < -0.3 is 9.80 Å². The van der Waals surface area contributed by atoms with Crippen molar-refractivity contribution in [2.75, 3.05) is 40.3 Å². The molecule has 142 valence electrons. The fraction of sp³-hybridized carbons (Fsp3) is 0.579. The molecule has 2 fully saturated rings. The summed E-state index contributed by atoms with van der Waals surface area (Å²) in [5.74, 6) is -1.61. The Bertz CT molecular complexity index is 700. The van der Waals surface area contributed by atoms with Crippen molar-refractivity contribution in [3.05, 3.63) is 35.4 Å². The van der Waals surface area contributed by atoms with Crippen LogP contribution in [0.3, 0.4) is 0 Å². The van der Waals surface area contributed by atoms with Crippen LogP contribution < -0.4 is 0 Å². The van der Waals surface area contributed by atoms with Gasteiger partial charge in [0.2, 0.25) is 11.8 Å². The van der Waals surface area contributed by atoms with Gasteiger partial charge in [-0.15, -0.1) is 0 Å².